The number of primary amides is 1. The van der Waals surface area contributed by atoms with E-state index in [2.05, 4.69) is 5.10 Å². The topological polar surface area (TPSA) is 90.5 Å². The molecule has 0 radical (unpaired) electrons. The summed E-state index contributed by atoms with van der Waals surface area (Å²) in [5.41, 5.74) is 9.22. The first-order valence-electron chi connectivity index (χ1n) is 10.7. The van der Waals surface area contributed by atoms with Crippen molar-refractivity contribution in [3.8, 4) is 22.7 Å². The molecule has 0 saturated carbocycles. The van der Waals surface area contributed by atoms with Gasteiger partial charge in [0.05, 0.1) is 23.5 Å². The molecule has 8 heteroatoms. The number of aryl methyl sites for hydroxylation is 1. The number of benzene rings is 3. The first-order valence-corrected chi connectivity index (χ1v) is 10.7. The highest BCUT2D eigenvalue weighted by Gasteiger charge is 2.35. The minimum atomic E-state index is -0.978. The van der Waals surface area contributed by atoms with Gasteiger partial charge in [0.15, 0.2) is 6.10 Å². The van der Waals surface area contributed by atoms with Crippen molar-refractivity contribution in [2.24, 2.45) is 5.73 Å². The third-order valence-corrected chi connectivity index (χ3v) is 5.66. The van der Waals surface area contributed by atoms with Crippen molar-refractivity contribution < 1.29 is 18.7 Å². The number of para-hydroxylation sites is 2. The van der Waals surface area contributed by atoms with Crippen LogP contribution in [0.15, 0.2) is 79.0 Å². The number of anilines is 1. The fourth-order valence-electron chi connectivity index (χ4n) is 3.98. The molecule has 3 aromatic carbocycles. The molecule has 0 spiro atoms. The number of nitrogens with two attached hydrogens (primary N) is 1. The highest BCUT2D eigenvalue weighted by atomic mass is 19.1. The van der Waals surface area contributed by atoms with Crippen LogP contribution in [-0.4, -0.2) is 34.2 Å². The highest BCUT2D eigenvalue weighted by Crippen LogP contribution is 2.35. The lowest BCUT2D eigenvalue weighted by Crippen LogP contribution is -2.49. The van der Waals surface area contributed by atoms with Crippen LogP contribution in [0.4, 0.5) is 10.1 Å². The van der Waals surface area contributed by atoms with E-state index in [9.17, 15) is 14.0 Å². The second-order valence-electron chi connectivity index (χ2n) is 8.07. The lowest BCUT2D eigenvalue weighted by atomic mass is 10.0. The number of amides is 2. The van der Waals surface area contributed by atoms with E-state index in [1.807, 2.05) is 31.2 Å². The third kappa shape index (κ3) is 3.90. The quantitative estimate of drug-likeness (QED) is 0.505. The molecule has 0 saturated heterocycles. The molecule has 2 heterocycles. The van der Waals surface area contributed by atoms with Crippen molar-refractivity contribution in [3.63, 3.8) is 0 Å². The molecule has 0 fully saturated rings. The summed E-state index contributed by atoms with van der Waals surface area (Å²) < 4.78 is 20.7. The van der Waals surface area contributed by atoms with Crippen molar-refractivity contribution in [1.82, 2.24) is 9.78 Å². The first kappa shape index (κ1) is 21.4. The summed E-state index contributed by atoms with van der Waals surface area (Å²) >= 11 is 0. The number of nitrogens with zero attached hydrogens (tertiary/aromatic N) is 3. The van der Waals surface area contributed by atoms with Crippen LogP contribution < -0.4 is 15.4 Å². The molecule has 0 bridgehead atoms. The van der Waals surface area contributed by atoms with E-state index in [1.165, 1.54) is 17.0 Å². The average Bonchev–Trinajstić information content (AvgIpc) is 3.29. The van der Waals surface area contributed by atoms with E-state index in [4.69, 9.17) is 10.5 Å². The maximum absolute atomic E-state index is 13.9. The Labute approximate surface area is 195 Å². The van der Waals surface area contributed by atoms with Gasteiger partial charge in [0, 0.05) is 11.8 Å². The predicted molar refractivity (Wildman–Crippen MR) is 125 cm³/mol. The lowest BCUT2D eigenvalue weighted by Gasteiger charge is -2.33. The first-order chi connectivity index (χ1) is 16.4. The summed E-state index contributed by atoms with van der Waals surface area (Å²) in [6, 6.07) is 20.5. The summed E-state index contributed by atoms with van der Waals surface area (Å²) in [7, 11) is 0. The van der Waals surface area contributed by atoms with Gasteiger partial charge in [-0.25, -0.2) is 9.07 Å². The highest BCUT2D eigenvalue weighted by molar-refractivity contribution is 6.11. The zero-order valence-electron chi connectivity index (χ0n) is 18.3. The van der Waals surface area contributed by atoms with E-state index in [1.54, 1.807) is 47.3 Å². The van der Waals surface area contributed by atoms with Gasteiger partial charge in [-0.05, 0) is 49.4 Å². The molecule has 5 rings (SSSR count). The average molecular weight is 456 g/mol. The van der Waals surface area contributed by atoms with E-state index in [0.717, 1.165) is 11.1 Å². The van der Waals surface area contributed by atoms with Crippen LogP contribution in [0.25, 0.3) is 16.9 Å². The largest absolute Gasteiger partial charge is 0.477 e. The molecule has 1 atom stereocenters. The molecule has 0 aliphatic carbocycles. The van der Waals surface area contributed by atoms with Crippen LogP contribution >= 0.6 is 0 Å². The third-order valence-electron chi connectivity index (χ3n) is 5.66. The normalized spacial score (nSPS) is 14.9. The van der Waals surface area contributed by atoms with Gasteiger partial charge < -0.3 is 15.4 Å². The Bertz CT molecular complexity index is 1400. The predicted octanol–water partition coefficient (Wildman–Crippen LogP) is 3.88. The van der Waals surface area contributed by atoms with Gasteiger partial charge in [-0.2, -0.15) is 5.10 Å². The molecule has 2 N–H and O–H groups in total. The van der Waals surface area contributed by atoms with Gasteiger partial charge in [-0.3, -0.25) is 9.59 Å². The number of carbonyl (C=O) groups is 2. The fourth-order valence-corrected chi connectivity index (χ4v) is 3.98. The van der Waals surface area contributed by atoms with Crippen LogP contribution in [0.2, 0.25) is 0 Å². The van der Waals surface area contributed by atoms with E-state index >= 15 is 0 Å². The summed E-state index contributed by atoms with van der Waals surface area (Å²) in [6.45, 7) is 1.93. The lowest BCUT2D eigenvalue weighted by molar-refractivity contribution is -0.124. The number of hydrogen-bond acceptors (Lipinski definition) is 4. The van der Waals surface area contributed by atoms with Crippen LogP contribution in [0.1, 0.15) is 15.9 Å². The zero-order chi connectivity index (χ0) is 23.8. The van der Waals surface area contributed by atoms with Gasteiger partial charge in [-0.15, -0.1) is 0 Å². The standard InChI is InChI=1S/C26H21FN4O3/c1-16-5-4-6-17(13-16)24-20(14-31(29-24)19-11-9-18(27)10-12-19)26(33)30-15-23(25(28)32)34-22-8-3-2-7-21(22)30/h2-14,23H,15H2,1H3,(H2,28,32)/t23-/m1/s1. The Balaban J connectivity index is 1.64. The van der Waals surface area contributed by atoms with Crippen LogP contribution in [0.5, 0.6) is 5.75 Å². The Morgan fingerprint density at radius 2 is 1.82 bits per heavy atom. The molecule has 170 valence electrons. The Morgan fingerprint density at radius 3 is 2.56 bits per heavy atom. The minimum Gasteiger partial charge on any atom is -0.477 e. The van der Waals surface area contributed by atoms with Gasteiger partial charge in [0.2, 0.25) is 0 Å². The van der Waals surface area contributed by atoms with Gasteiger partial charge in [-0.1, -0.05) is 35.9 Å². The number of carbonyl (C=O) groups excluding carboxylic acids is 2. The Kier molecular flexibility index (Phi) is 5.33. The molecule has 0 unspecified atom stereocenters. The molecule has 7 nitrogen and oxygen atoms in total. The number of aromatic nitrogens is 2. The number of ether oxygens (including phenoxy) is 1. The van der Waals surface area contributed by atoms with Gasteiger partial charge in [0.1, 0.15) is 17.3 Å². The second kappa shape index (κ2) is 8.47. The number of hydrogen-bond donors (Lipinski definition) is 1. The van der Waals surface area contributed by atoms with Gasteiger partial charge >= 0.3 is 0 Å². The number of halogens is 1. The summed E-state index contributed by atoms with van der Waals surface area (Å²) in [5, 5.41) is 4.67. The maximum Gasteiger partial charge on any atom is 0.262 e. The SMILES string of the molecule is Cc1cccc(-c2nn(-c3ccc(F)cc3)cc2C(=O)N2C[C@H](C(N)=O)Oc3ccccc32)c1. The molecule has 34 heavy (non-hydrogen) atoms. The number of fused-ring (bicyclic) bond motifs is 1. The molecule has 2 amide bonds. The Hall–Kier alpha value is -4.46. The second-order valence-corrected chi connectivity index (χ2v) is 8.07. The molecule has 1 aliphatic rings. The summed E-state index contributed by atoms with van der Waals surface area (Å²) in [6.07, 6.45) is 0.637. The molecular formula is C26H21FN4O3. The summed E-state index contributed by atoms with van der Waals surface area (Å²) in [5.74, 6) is -0.984. The van der Waals surface area contributed by atoms with Gasteiger partial charge in [0.25, 0.3) is 11.8 Å². The molecular weight excluding hydrogens is 435 g/mol. The van der Waals surface area contributed by atoms with Crippen molar-refractivity contribution >= 4 is 17.5 Å². The van der Waals surface area contributed by atoms with Crippen LogP contribution in [0.3, 0.4) is 0 Å². The number of rotatable bonds is 4. The minimum absolute atomic E-state index is 0.0276. The van der Waals surface area contributed by atoms with Crippen LogP contribution in [-0.2, 0) is 4.79 Å². The summed E-state index contributed by atoms with van der Waals surface area (Å²) in [4.78, 5) is 27.3. The molecule has 1 aromatic heterocycles. The fraction of sp³-hybridized carbons (Fsp3) is 0.115. The Morgan fingerprint density at radius 1 is 1.06 bits per heavy atom. The molecule has 1 aliphatic heterocycles. The van der Waals surface area contributed by atoms with Crippen molar-refractivity contribution in [1.29, 1.82) is 0 Å². The van der Waals surface area contributed by atoms with Crippen molar-refractivity contribution in [2.45, 2.75) is 13.0 Å². The van der Waals surface area contributed by atoms with E-state index in [-0.39, 0.29) is 18.3 Å². The monoisotopic (exact) mass is 456 g/mol. The van der Waals surface area contributed by atoms with Crippen molar-refractivity contribution in [3.05, 3.63) is 95.9 Å². The smallest absolute Gasteiger partial charge is 0.262 e. The zero-order valence-corrected chi connectivity index (χ0v) is 18.3. The maximum atomic E-state index is 13.9. The van der Waals surface area contributed by atoms with E-state index in [0.29, 0.717) is 28.4 Å². The van der Waals surface area contributed by atoms with Crippen LogP contribution in [0, 0.1) is 12.7 Å². The van der Waals surface area contributed by atoms with Crippen molar-refractivity contribution in [2.75, 3.05) is 11.4 Å². The molecule has 4 aromatic rings. The van der Waals surface area contributed by atoms with E-state index < -0.39 is 12.0 Å².